The van der Waals surface area contributed by atoms with Crippen LogP contribution in [0, 0.1) is 0 Å². The summed E-state index contributed by atoms with van der Waals surface area (Å²) in [6, 6.07) is 11.6. The first-order chi connectivity index (χ1) is 15.5. The monoisotopic (exact) mass is 440 g/mol. The van der Waals surface area contributed by atoms with Crippen molar-refractivity contribution in [3.05, 3.63) is 53.6 Å². The zero-order valence-corrected chi connectivity index (χ0v) is 17.8. The Kier molecular flexibility index (Phi) is 7.76. The summed E-state index contributed by atoms with van der Waals surface area (Å²) in [7, 11) is 3.03. The first-order valence-electron chi connectivity index (χ1n) is 9.86. The molecule has 0 atom stereocenters. The molecule has 0 spiro atoms. The standard InChI is InChI=1S/C22H24N4O6/c1-30-16-7-8-19(31-2)15(13-16)14-23-25-21(28)20(27)24-18-6-4-3-5-17(18)22(29)26-9-11-32-12-10-26/h3-8,13-14H,9-12H2,1-2H3,(H,24,27)(H,25,28). The third-order valence-corrected chi connectivity index (χ3v) is 4.72. The Labute approximate surface area is 185 Å². The molecule has 0 aliphatic carbocycles. The van der Waals surface area contributed by atoms with Crippen molar-refractivity contribution < 1.29 is 28.6 Å². The first kappa shape index (κ1) is 22.8. The van der Waals surface area contributed by atoms with E-state index < -0.39 is 11.8 Å². The smallest absolute Gasteiger partial charge is 0.329 e. The van der Waals surface area contributed by atoms with Crippen molar-refractivity contribution in [2.45, 2.75) is 0 Å². The second-order valence-corrected chi connectivity index (χ2v) is 6.71. The maximum atomic E-state index is 12.8. The van der Waals surface area contributed by atoms with Gasteiger partial charge < -0.3 is 24.4 Å². The van der Waals surface area contributed by atoms with Gasteiger partial charge in [-0.2, -0.15) is 5.10 Å². The third kappa shape index (κ3) is 5.61. The fraction of sp³-hybridized carbons (Fsp3) is 0.273. The van der Waals surface area contributed by atoms with Gasteiger partial charge in [0, 0.05) is 18.7 Å². The van der Waals surface area contributed by atoms with Gasteiger partial charge >= 0.3 is 11.8 Å². The van der Waals surface area contributed by atoms with Crippen LogP contribution in [0.2, 0.25) is 0 Å². The summed E-state index contributed by atoms with van der Waals surface area (Å²) in [6.45, 7) is 1.84. The lowest BCUT2D eigenvalue weighted by Gasteiger charge is -2.27. The van der Waals surface area contributed by atoms with E-state index in [1.165, 1.54) is 20.4 Å². The molecule has 2 aromatic carbocycles. The summed E-state index contributed by atoms with van der Waals surface area (Å²) in [4.78, 5) is 39.0. The van der Waals surface area contributed by atoms with Crippen LogP contribution in [0.15, 0.2) is 47.6 Å². The highest BCUT2D eigenvalue weighted by Crippen LogP contribution is 2.22. The van der Waals surface area contributed by atoms with Crippen LogP contribution in [0.5, 0.6) is 11.5 Å². The molecular weight excluding hydrogens is 416 g/mol. The molecule has 168 valence electrons. The van der Waals surface area contributed by atoms with Gasteiger partial charge in [-0.25, -0.2) is 5.43 Å². The number of ether oxygens (including phenoxy) is 3. The number of para-hydroxylation sites is 1. The van der Waals surface area contributed by atoms with Crippen molar-refractivity contribution in [1.29, 1.82) is 0 Å². The Balaban J connectivity index is 1.65. The molecule has 0 saturated carbocycles. The molecule has 1 aliphatic rings. The normalized spacial score (nSPS) is 13.5. The summed E-state index contributed by atoms with van der Waals surface area (Å²) in [6.07, 6.45) is 1.34. The molecule has 1 fully saturated rings. The van der Waals surface area contributed by atoms with Crippen molar-refractivity contribution >= 4 is 29.6 Å². The van der Waals surface area contributed by atoms with Gasteiger partial charge in [0.15, 0.2) is 0 Å². The summed E-state index contributed by atoms with van der Waals surface area (Å²) in [5, 5.41) is 6.28. The summed E-state index contributed by atoms with van der Waals surface area (Å²) < 4.78 is 15.7. The van der Waals surface area contributed by atoms with Crippen LogP contribution in [-0.2, 0) is 14.3 Å². The van der Waals surface area contributed by atoms with Crippen molar-refractivity contribution in [2.24, 2.45) is 5.10 Å². The molecule has 1 saturated heterocycles. The number of methoxy groups -OCH3 is 2. The first-order valence-corrected chi connectivity index (χ1v) is 9.86. The van der Waals surface area contributed by atoms with Gasteiger partial charge in [0.2, 0.25) is 0 Å². The molecule has 10 nitrogen and oxygen atoms in total. The van der Waals surface area contributed by atoms with Crippen LogP contribution in [0.25, 0.3) is 0 Å². The SMILES string of the molecule is COc1ccc(OC)c(C=NNC(=O)C(=O)Nc2ccccc2C(=O)N2CCOCC2)c1. The number of carbonyl (C=O) groups excluding carboxylic acids is 3. The maximum absolute atomic E-state index is 12.8. The highest BCUT2D eigenvalue weighted by molar-refractivity contribution is 6.40. The lowest BCUT2D eigenvalue weighted by atomic mass is 10.1. The zero-order valence-electron chi connectivity index (χ0n) is 17.8. The number of nitrogens with one attached hydrogen (secondary N) is 2. The number of anilines is 1. The molecule has 3 rings (SSSR count). The average molecular weight is 440 g/mol. The molecule has 1 heterocycles. The number of amides is 3. The van der Waals surface area contributed by atoms with Gasteiger partial charge in [0.25, 0.3) is 5.91 Å². The Morgan fingerprint density at radius 2 is 1.78 bits per heavy atom. The largest absolute Gasteiger partial charge is 0.497 e. The molecular formula is C22H24N4O6. The summed E-state index contributed by atoms with van der Waals surface area (Å²) in [5.74, 6) is -1.09. The van der Waals surface area contributed by atoms with E-state index in [9.17, 15) is 14.4 Å². The Morgan fingerprint density at radius 1 is 1.03 bits per heavy atom. The number of hydrogen-bond donors (Lipinski definition) is 2. The number of rotatable bonds is 6. The topological polar surface area (TPSA) is 119 Å². The highest BCUT2D eigenvalue weighted by atomic mass is 16.5. The number of hydrazone groups is 1. The fourth-order valence-corrected chi connectivity index (χ4v) is 3.05. The van der Waals surface area contributed by atoms with E-state index in [0.717, 1.165) is 0 Å². The lowest BCUT2D eigenvalue weighted by Crippen LogP contribution is -2.41. The van der Waals surface area contributed by atoms with Gasteiger partial charge in [-0.3, -0.25) is 14.4 Å². The van der Waals surface area contributed by atoms with Crippen molar-refractivity contribution in [3.63, 3.8) is 0 Å². The van der Waals surface area contributed by atoms with Crippen LogP contribution in [0.1, 0.15) is 15.9 Å². The molecule has 0 bridgehead atoms. The fourth-order valence-electron chi connectivity index (χ4n) is 3.05. The minimum Gasteiger partial charge on any atom is -0.497 e. The molecule has 0 radical (unpaired) electrons. The quantitative estimate of drug-likeness (QED) is 0.397. The van der Waals surface area contributed by atoms with Crippen molar-refractivity contribution in [3.8, 4) is 11.5 Å². The molecule has 10 heteroatoms. The van der Waals surface area contributed by atoms with Crippen molar-refractivity contribution in [1.82, 2.24) is 10.3 Å². The van der Waals surface area contributed by atoms with Gasteiger partial charge in [0.05, 0.1) is 44.9 Å². The van der Waals surface area contributed by atoms with Gasteiger partial charge in [-0.1, -0.05) is 12.1 Å². The van der Waals surface area contributed by atoms with Crippen molar-refractivity contribution in [2.75, 3.05) is 45.8 Å². The van der Waals surface area contributed by atoms with Gasteiger partial charge in [-0.15, -0.1) is 0 Å². The molecule has 1 aliphatic heterocycles. The number of hydrogen-bond acceptors (Lipinski definition) is 7. The predicted octanol–water partition coefficient (Wildman–Crippen LogP) is 1.26. The Morgan fingerprint density at radius 3 is 2.50 bits per heavy atom. The van der Waals surface area contributed by atoms with E-state index in [4.69, 9.17) is 14.2 Å². The zero-order chi connectivity index (χ0) is 22.9. The summed E-state index contributed by atoms with van der Waals surface area (Å²) >= 11 is 0. The molecule has 0 aromatic heterocycles. The van der Waals surface area contributed by atoms with Crippen LogP contribution >= 0.6 is 0 Å². The molecule has 32 heavy (non-hydrogen) atoms. The van der Waals surface area contributed by atoms with Gasteiger partial charge in [-0.05, 0) is 30.3 Å². The number of nitrogens with zero attached hydrogens (tertiary/aromatic N) is 2. The van der Waals surface area contributed by atoms with Crippen LogP contribution in [0.4, 0.5) is 5.69 Å². The molecule has 2 aromatic rings. The second-order valence-electron chi connectivity index (χ2n) is 6.71. The minimum absolute atomic E-state index is 0.239. The van der Waals surface area contributed by atoms with E-state index >= 15 is 0 Å². The number of morpholine rings is 1. The Bertz CT molecular complexity index is 1020. The van der Waals surface area contributed by atoms with E-state index in [1.807, 2.05) is 0 Å². The summed E-state index contributed by atoms with van der Waals surface area (Å²) in [5.41, 5.74) is 3.24. The molecule has 2 N–H and O–H groups in total. The van der Waals surface area contributed by atoms with Crippen LogP contribution in [0.3, 0.4) is 0 Å². The molecule has 0 unspecified atom stereocenters. The average Bonchev–Trinajstić information content (AvgIpc) is 2.84. The second kappa shape index (κ2) is 10.9. The van der Waals surface area contributed by atoms with E-state index in [0.29, 0.717) is 48.9 Å². The van der Waals surface area contributed by atoms with Gasteiger partial charge in [0.1, 0.15) is 11.5 Å². The minimum atomic E-state index is -0.989. The third-order valence-electron chi connectivity index (χ3n) is 4.72. The van der Waals surface area contributed by atoms with E-state index in [1.54, 1.807) is 47.4 Å². The van der Waals surface area contributed by atoms with Crippen LogP contribution < -0.4 is 20.2 Å². The highest BCUT2D eigenvalue weighted by Gasteiger charge is 2.22. The predicted molar refractivity (Wildman–Crippen MR) is 117 cm³/mol. The number of carbonyl (C=O) groups is 3. The number of benzene rings is 2. The molecule has 3 amide bonds. The maximum Gasteiger partial charge on any atom is 0.329 e. The lowest BCUT2D eigenvalue weighted by molar-refractivity contribution is -0.136. The van der Waals surface area contributed by atoms with Crippen LogP contribution in [-0.4, -0.2) is 69.4 Å². The Hall–Kier alpha value is -3.92. The van der Waals surface area contributed by atoms with E-state index in [-0.39, 0.29) is 11.6 Å². The van der Waals surface area contributed by atoms with E-state index in [2.05, 4.69) is 15.8 Å².